The highest BCUT2D eigenvalue weighted by atomic mass is 35.5. The van der Waals surface area contributed by atoms with Crippen LogP contribution in [-0.2, 0) is 6.42 Å². The van der Waals surface area contributed by atoms with E-state index in [1.165, 1.54) is 23.3 Å². The van der Waals surface area contributed by atoms with Crippen molar-refractivity contribution in [3.63, 3.8) is 0 Å². The minimum absolute atomic E-state index is 0.757. The number of aryl methyl sites for hydroxylation is 1. The van der Waals surface area contributed by atoms with E-state index in [1.54, 1.807) is 11.3 Å². The lowest BCUT2D eigenvalue weighted by atomic mass is 10.2. The maximum absolute atomic E-state index is 5.86. The second-order valence-electron chi connectivity index (χ2n) is 2.88. The van der Waals surface area contributed by atoms with Crippen molar-refractivity contribution in [3.8, 4) is 0 Å². The number of rotatable bonds is 0. The number of hydrogen-bond acceptors (Lipinski definition) is 1. The lowest BCUT2D eigenvalue weighted by Gasteiger charge is -1.96. The van der Waals surface area contributed by atoms with E-state index in [0.717, 1.165) is 10.3 Å². The van der Waals surface area contributed by atoms with Crippen molar-refractivity contribution >= 4 is 22.9 Å². The summed E-state index contributed by atoms with van der Waals surface area (Å²) in [6.45, 7) is 2.28. The zero-order chi connectivity index (χ0) is 7.14. The molecule has 0 fully saturated rings. The third-order valence-electron chi connectivity index (χ3n) is 2.11. The zero-order valence-electron chi connectivity index (χ0n) is 5.86. The first-order valence-corrected chi connectivity index (χ1v) is 4.75. The van der Waals surface area contributed by atoms with Crippen LogP contribution < -0.4 is 0 Å². The molecule has 0 saturated heterocycles. The molecule has 0 nitrogen and oxygen atoms in total. The first-order chi connectivity index (χ1) is 4.77. The maximum atomic E-state index is 5.86. The molecule has 54 valence electrons. The van der Waals surface area contributed by atoms with Gasteiger partial charge in [0.15, 0.2) is 0 Å². The van der Waals surface area contributed by atoms with Gasteiger partial charge in [-0.3, -0.25) is 0 Å². The first-order valence-electron chi connectivity index (χ1n) is 3.55. The monoisotopic (exact) mass is 172 g/mol. The molecular formula is C8H9ClS. The van der Waals surface area contributed by atoms with Gasteiger partial charge in [-0.1, -0.05) is 18.5 Å². The molecule has 0 amide bonds. The van der Waals surface area contributed by atoms with Gasteiger partial charge in [-0.05, 0) is 30.4 Å². The normalized spacial score (nSPS) is 23.2. The van der Waals surface area contributed by atoms with E-state index in [0.29, 0.717) is 0 Å². The van der Waals surface area contributed by atoms with Crippen molar-refractivity contribution in [2.75, 3.05) is 0 Å². The van der Waals surface area contributed by atoms with Crippen molar-refractivity contribution in [2.24, 2.45) is 0 Å². The van der Waals surface area contributed by atoms with Gasteiger partial charge in [0.25, 0.3) is 0 Å². The molecule has 2 rings (SSSR count). The summed E-state index contributed by atoms with van der Waals surface area (Å²) in [5.74, 6) is 0.757. The van der Waals surface area contributed by atoms with Gasteiger partial charge in [0.1, 0.15) is 0 Å². The van der Waals surface area contributed by atoms with Gasteiger partial charge in [0.2, 0.25) is 0 Å². The Morgan fingerprint density at radius 2 is 2.50 bits per heavy atom. The smallest absolute Gasteiger partial charge is 0.0934 e. The van der Waals surface area contributed by atoms with Crippen LogP contribution in [0, 0.1) is 0 Å². The summed E-state index contributed by atoms with van der Waals surface area (Å²) in [5, 5.41) is 0. The molecule has 1 unspecified atom stereocenters. The molecule has 0 bridgehead atoms. The Morgan fingerprint density at radius 1 is 1.70 bits per heavy atom. The van der Waals surface area contributed by atoms with Crippen LogP contribution in [0.1, 0.15) is 29.7 Å². The largest absolute Gasteiger partial charge is 0.128 e. The molecule has 1 aromatic heterocycles. The van der Waals surface area contributed by atoms with Gasteiger partial charge in [0.05, 0.1) is 4.34 Å². The predicted molar refractivity (Wildman–Crippen MR) is 46.1 cm³/mol. The topological polar surface area (TPSA) is 0 Å². The molecule has 1 aromatic rings. The molecule has 2 heteroatoms. The second kappa shape index (κ2) is 2.24. The lowest BCUT2D eigenvalue weighted by molar-refractivity contribution is 0.754. The number of hydrogen-bond donors (Lipinski definition) is 0. The number of fused-ring (bicyclic) bond motifs is 1. The molecule has 1 atom stereocenters. The van der Waals surface area contributed by atoms with Gasteiger partial charge < -0.3 is 0 Å². The standard InChI is InChI=1S/C8H9ClS/c1-5-2-3-6-4-7(9)10-8(5)6/h4-5H,2-3H2,1H3. The summed E-state index contributed by atoms with van der Waals surface area (Å²) in [7, 11) is 0. The Kier molecular flexibility index (Phi) is 1.50. The van der Waals surface area contributed by atoms with Crippen LogP contribution in [0.4, 0.5) is 0 Å². The highest BCUT2D eigenvalue weighted by molar-refractivity contribution is 7.16. The summed E-state index contributed by atoms with van der Waals surface area (Å²) in [4.78, 5) is 1.52. The van der Waals surface area contributed by atoms with Crippen molar-refractivity contribution in [1.82, 2.24) is 0 Å². The summed E-state index contributed by atoms with van der Waals surface area (Å²) in [6, 6.07) is 2.12. The average molecular weight is 173 g/mol. The lowest BCUT2D eigenvalue weighted by Crippen LogP contribution is -1.78. The van der Waals surface area contributed by atoms with E-state index >= 15 is 0 Å². The van der Waals surface area contributed by atoms with Gasteiger partial charge in [-0.15, -0.1) is 11.3 Å². The van der Waals surface area contributed by atoms with Gasteiger partial charge in [-0.25, -0.2) is 0 Å². The molecule has 0 radical (unpaired) electrons. The third kappa shape index (κ3) is 0.886. The molecule has 0 aliphatic heterocycles. The van der Waals surface area contributed by atoms with Crippen LogP contribution in [0.5, 0.6) is 0 Å². The van der Waals surface area contributed by atoms with Crippen molar-refractivity contribution in [2.45, 2.75) is 25.7 Å². The fraction of sp³-hybridized carbons (Fsp3) is 0.500. The zero-order valence-corrected chi connectivity index (χ0v) is 7.43. The van der Waals surface area contributed by atoms with Crippen molar-refractivity contribution in [1.29, 1.82) is 0 Å². The van der Waals surface area contributed by atoms with Crippen LogP contribution in [0.3, 0.4) is 0 Å². The average Bonchev–Trinajstić information content (AvgIpc) is 2.35. The Morgan fingerprint density at radius 3 is 3.20 bits per heavy atom. The van der Waals surface area contributed by atoms with Crippen LogP contribution in [0.2, 0.25) is 4.34 Å². The van der Waals surface area contributed by atoms with E-state index in [4.69, 9.17) is 11.6 Å². The highest BCUT2D eigenvalue weighted by Crippen LogP contribution is 2.40. The molecule has 0 saturated carbocycles. The van der Waals surface area contributed by atoms with Gasteiger partial charge in [0, 0.05) is 4.88 Å². The SMILES string of the molecule is CC1CCc2cc(Cl)sc21. The van der Waals surface area contributed by atoms with Crippen molar-refractivity contribution < 1.29 is 0 Å². The third-order valence-corrected chi connectivity index (χ3v) is 3.64. The molecule has 0 N–H and O–H groups in total. The molecule has 10 heavy (non-hydrogen) atoms. The first kappa shape index (κ1) is 6.68. The Bertz CT molecular complexity index is 252. The summed E-state index contributed by atoms with van der Waals surface area (Å²) in [6.07, 6.45) is 2.55. The predicted octanol–water partition coefficient (Wildman–Crippen LogP) is 3.45. The minimum atomic E-state index is 0.757. The van der Waals surface area contributed by atoms with Crippen LogP contribution in [0.25, 0.3) is 0 Å². The Labute approximate surface area is 69.8 Å². The van der Waals surface area contributed by atoms with Crippen LogP contribution >= 0.6 is 22.9 Å². The second-order valence-corrected chi connectivity index (χ2v) is 4.59. The molecule has 0 spiro atoms. The summed E-state index contributed by atoms with van der Waals surface area (Å²) in [5.41, 5.74) is 1.49. The Hall–Kier alpha value is -0.0100. The summed E-state index contributed by atoms with van der Waals surface area (Å²) < 4.78 is 0.955. The van der Waals surface area contributed by atoms with Gasteiger partial charge in [-0.2, -0.15) is 0 Å². The molecule has 1 aliphatic carbocycles. The fourth-order valence-corrected chi connectivity index (χ4v) is 2.93. The van der Waals surface area contributed by atoms with E-state index in [2.05, 4.69) is 13.0 Å². The number of halogens is 1. The Balaban J connectivity index is 2.49. The maximum Gasteiger partial charge on any atom is 0.0934 e. The molecule has 0 aromatic carbocycles. The van der Waals surface area contributed by atoms with Crippen molar-refractivity contribution in [3.05, 3.63) is 20.8 Å². The van der Waals surface area contributed by atoms with Gasteiger partial charge >= 0.3 is 0 Å². The minimum Gasteiger partial charge on any atom is -0.128 e. The van der Waals surface area contributed by atoms with E-state index < -0.39 is 0 Å². The highest BCUT2D eigenvalue weighted by Gasteiger charge is 2.20. The molecule has 1 heterocycles. The van der Waals surface area contributed by atoms with E-state index in [9.17, 15) is 0 Å². The van der Waals surface area contributed by atoms with Crippen LogP contribution in [-0.4, -0.2) is 0 Å². The quantitative estimate of drug-likeness (QED) is 0.563. The van der Waals surface area contributed by atoms with Crippen LogP contribution in [0.15, 0.2) is 6.07 Å². The molecular weight excluding hydrogens is 164 g/mol. The van der Waals surface area contributed by atoms with E-state index in [-0.39, 0.29) is 0 Å². The summed E-state index contributed by atoms with van der Waals surface area (Å²) >= 11 is 7.61. The van der Waals surface area contributed by atoms with E-state index in [1.807, 2.05) is 0 Å². The number of thiophene rings is 1. The fourth-order valence-electron chi connectivity index (χ4n) is 1.52. The molecule has 1 aliphatic rings.